The average Bonchev–Trinajstić information content (AvgIpc) is 3.26. The van der Waals surface area contributed by atoms with Gasteiger partial charge in [0.1, 0.15) is 0 Å². The highest BCUT2D eigenvalue weighted by molar-refractivity contribution is 5.86. The highest BCUT2D eigenvalue weighted by Crippen LogP contribution is 2.31. The Hall–Kier alpha value is -1.41. The molecule has 1 aromatic heterocycles. The number of pyridine rings is 1. The van der Waals surface area contributed by atoms with Crippen molar-refractivity contribution in [2.45, 2.75) is 71.4 Å². The summed E-state index contributed by atoms with van der Waals surface area (Å²) in [6, 6.07) is 9.67. The maximum atomic E-state index is 5.04. The SMILES string of the molecule is CC(C)c1cccc2c(CNC3CC3)cc(C(C)(C)C)nc12. The van der Waals surface area contributed by atoms with Gasteiger partial charge < -0.3 is 5.32 Å². The van der Waals surface area contributed by atoms with E-state index in [-0.39, 0.29) is 5.41 Å². The highest BCUT2D eigenvalue weighted by atomic mass is 14.9. The summed E-state index contributed by atoms with van der Waals surface area (Å²) >= 11 is 0. The van der Waals surface area contributed by atoms with Crippen molar-refractivity contribution < 1.29 is 0 Å². The van der Waals surface area contributed by atoms with Gasteiger partial charge in [-0.05, 0) is 36.0 Å². The third-order valence-corrected chi connectivity index (χ3v) is 4.51. The zero-order valence-electron chi connectivity index (χ0n) is 14.5. The molecule has 0 spiro atoms. The van der Waals surface area contributed by atoms with Crippen LogP contribution < -0.4 is 5.32 Å². The van der Waals surface area contributed by atoms with Crippen LogP contribution in [-0.2, 0) is 12.0 Å². The molecule has 0 radical (unpaired) electrons. The Morgan fingerprint density at radius 2 is 1.95 bits per heavy atom. The molecular formula is C20H28N2. The van der Waals surface area contributed by atoms with Crippen LogP contribution in [0.5, 0.6) is 0 Å². The molecule has 2 heteroatoms. The number of hydrogen-bond donors (Lipinski definition) is 1. The summed E-state index contributed by atoms with van der Waals surface area (Å²) in [6.45, 7) is 12.2. The number of nitrogens with one attached hydrogen (secondary N) is 1. The van der Waals surface area contributed by atoms with Gasteiger partial charge in [0.05, 0.1) is 5.52 Å². The Labute approximate surface area is 134 Å². The van der Waals surface area contributed by atoms with Crippen LogP contribution in [0.15, 0.2) is 24.3 Å². The summed E-state index contributed by atoms with van der Waals surface area (Å²) in [5.74, 6) is 0.496. The van der Waals surface area contributed by atoms with Crippen molar-refractivity contribution in [1.82, 2.24) is 10.3 Å². The summed E-state index contributed by atoms with van der Waals surface area (Å²) < 4.78 is 0. The van der Waals surface area contributed by atoms with Gasteiger partial charge in [-0.1, -0.05) is 52.8 Å². The Morgan fingerprint density at radius 3 is 2.55 bits per heavy atom. The van der Waals surface area contributed by atoms with Gasteiger partial charge in [0.2, 0.25) is 0 Å². The van der Waals surface area contributed by atoms with Crippen LogP contribution in [0.3, 0.4) is 0 Å². The van der Waals surface area contributed by atoms with Crippen LogP contribution in [0, 0.1) is 0 Å². The predicted molar refractivity (Wildman–Crippen MR) is 94.4 cm³/mol. The molecule has 0 unspecified atom stereocenters. The van der Waals surface area contributed by atoms with Gasteiger partial charge in [0.15, 0.2) is 0 Å². The maximum absolute atomic E-state index is 5.04. The minimum Gasteiger partial charge on any atom is -0.310 e. The fraction of sp³-hybridized carbons (Fsp3) is 0.550. The van der Waals surface area contributed by atoms with Crippen LogP contribution in [0.1, 0.15) is 70.2 Å². The molecule has 0 amide bonds. The number of aromatic nitrogens is 1. The van der Waals surface area contributed by atoms with Gasteiger partial charge in [-0.15, -0.1) is 0 Å². The van der Waals surface area contributed by atoms with Crippen LogP contribution >= 0.6 is 0 Å². The molecule has 1 aromatic carbocycles. The van der Waals surface area contributed by atoms with Crippen molar-refractivity contribution in [2.75, 3.05) is 0 Å². The first-order chi connectivity index (χ1) is 10.4. The Morgan fingerprint density at radius 1 is 1.23 bits per heavy atom. The summed E-state index contributed by atoms with van der Waals surface area (Å²) in [6.07, 6.45) is 2.65. The Bertz CT molecular complexity index is 676. The number of benzene rings is 1. The zero-order chi connectivity index (χ0) is 15.9. The van der Waals surface area contributed by atoms with Gasteiger partial charge in [0.25, 0.3) is 0 Å². The van der Waals surface area contributed by atoms with E-state index in [1.807, 2.05) is 0 Å². The van der Waals surface area contributed by atoms with E-state index in [1.54, 1.807) is 0 Å². The molecular weight excluding hydrogens is 268 g/mol. The molecule has 22 heavy (non-hydrogen) atoms. The Balaban J connectivity index is 2.15. The van der Waals surface area contributed by atoms with Crippen molar-refractivity contribution in [3.05, 3.63) is 41.1 Å². The van der Waals surface area contributed by atoms with E-state index in [0.29, 0.717) is 5.92 Å². The molecule has 0 bridgehead atoms. The lowest BCUT2D eigenvalue weighted by atomic mass is 9.88. The number of nitrogens with zero attached hydrogens (tertiary/aromatic N) is 1. The lowest BCUT2D eigenvalue weighted by Gasteiger charge is -2.22. The van der Waals surface area contributed by atoms with Gasteiger partial charge in [0, 0.05) is 29.1 Å². The number of para-hydroxylation sites is 1. The van der Waals surface area contributed by atoms with Gasteiger partial charge in [-0.25, -0.2) is 0 Å². The quantitative estimate of drug-likeness (QED) is 0.867. The summed E-state index contributed by atoms with van der Waals surface area (Å²) in [5, 5.41) is 4.98. The van der Waals surface area contributed by atoms with Gasteiger partial charge >= 0.3 is 0 Å². The van der Waals surface area contributed by atoms with E-state index in [9.17, 15) is 0 Å². The van der Waals surface area contributed by atoms with Crippen LogP contribution in [0.4, 0.5) is 0 Å². The zero-order valence-corrected chi connectivity index (χ0v) is 14.5. The first-order valence-corrected chi connectivity index (χ1v) is 8.52. The first-order valence-electron chi connectivity index (χ1n) is 8.52. The standard InChI is InChI=1S/C20H28N2/c1-13(2)16-7-6-8-17-14(12-21-15-9-10-15)11-18(20(3,4)5)22-19(16)17/h6-8,11,13,15,21H,9-10,12H2,1-5H3. The molecule has 0 atom stereocenters. The molecule has 1 aliphatic carbocycles. The van der Waals surface area contributed by atoms with Gasteiger partial charge in [-0.3, -0.25) is 4.98 Å². The van der Waals surface area contributed by atoms with E-state index in [4.69, 9.17) is 4.98 Å². The lowest BCUT2D eigenvalue weighted by Crippen LogP contribution is -2.19. The molecule has 0 aliphatic heterocycles. The normalized spacial score (nSPS) is 15.7. The largest absolute Gasteiger partial charge is 0.310 e. The maximum Gasteiger partial charge on any atom is 0.0743 e. The third kappa shape index (κ3) is 3.17. The van der Waals surface area contributed by atoms with E-state index < -0.39 is 0 Å². The van der Waals surface area contributed by atoms with Crippen LogP contribution in [0.2, 0.25) is 0 Å². The minimum atomic E-state index is 0.0760. The first kappa shape index (κ1) is 15.5. The molecule has 3 rings (SSSR count). The molecule has 1 heterocycles. The predicted octanol–water partition coefficient (Wildman–Crippen LogP) is 4.91. The molecule has 118 valence electrons. The van der Waals surface area contributed by atoms with Crippen molar-refractivity contribution >= 4 is 10.9 Å². The second-order valence-electron chi connectivity index (χ2n) is 7.97. The summed E-state index contributed by atoms with van der Waals surface area (Å²) in [5.41, 5.74) is 5.21. The molecule has 1 fully saturated rings. The van der Waals surface area contributed by atoms with Crippen molar-refractivity contribution in [2.24, 2.45) is 0 Å². The molecule has 1 saturated carbocycles. The average molecular weight is 296 g/mol. The Kier molecular flexibility index (Phi) is 3.98. The second-order valence-corrected chi connectivity index (χ2v) is 7.97. The van der Waals surface area contributed by atoms with E-state index in [2.05, 4.69) is 64.2 Å². The van der Waals surface area contributed by atoms with Crippen molar-refractivity contribution in [1.29, 1.82) is 0 Å². The smallest absolute Gasteiger partial charge is 0.0743 e. The second kappa shape index (κ2) is 5.66. The van der Waals surface area contributed by atoms with Gasteiger partial charge in [-0.2, -0.15) is 0 Å². The highest BCUT2D eigenvalue weighted by Gasteiger charge is 2.22. The number of rotatable bonds is 4. The van der Waals surface area contributed by atoms with E-state index >= 15 is 0 Å². The fourth-order valence-corrected chi connectivity index (χ4v) is 2.88. The van der Waals surface area contributed by atoms with Crippen LogP contribution in [0.25, 0.3) is 10.9 Å². The topological polar surface area (TPSA) is 24.9 Å². The molecule has 1 aliphatic rings. The van der Waals surface area contributed by atoms with E-state index in [1.165, 1.54) is 40.6 Å². The number of hydrogen-bond acceptors (Lipinski definition) is 2. The number of fused-ring (bicyclic) bond motifs is 1. The fourth-order valence-electron chi connectivity index (χ4n) is 2.88. The minimum absolute atomic E-state index is 0.0760. The third-order valence-electron chi connectivity index (χ3n) is 4.51. The molecule has 2 aromatic rings. The van der Waals surface area contributed by atoms with Crippen molar-refractivity contribution in [3.63, 3.8) is 0 Å². The summed E-state index contributed by atoms with van der Waals surface area (Å²) in [4.78, 5) is 5.04. The van der Waals surface area contributed by atoms with Crippen molar-refractivity contribution in [3.8, 4) is 0 Å². The van der Waals surface area contributed by atoms with Crippen LogP contribution in [-0.4, -0.2) is 11.0 Å². The monoisotopic (exact) mass is 296 g/mol. The summed E-state index contributed by atoms with van der Waals surface area (Å²) in [7, 11) is 0. The molecule has 2 nitrogen and oxygen atoms in total. The lowest BCUT2D eigenvalue weighted by molar-refractivity contribution is 0.569. The molecule has 0 saturated heterocycles. The molecule has 1 N–H and O–H groups in total. The van der Waals surface area contributed by atoms with E-state index in [0.717, 1.165) is 12.6 Å².